The van der Waals surface area contributed by atoms with Crippen LogP contribution < -0.4 is 5.32 Å². The summed E-state index contributed by atoms with van der Waals surface area (Å²) in [5, 5.41) is 11.6. The molecule has 0 aliphatic rings. The van der Waals surface area contributed by atoms with Gasteiger partial charge in [0.15, 0.2) is 0 Å². The fraction of sp³-hybridized carbons (Fsp3) is 0.429. The fourth-order valence-electron chi connectivity index (χ4n) is 1.81. The molecule has 0 bridgehead atoms. The van der Waals surface area contributed by atoms with Crippen LogP contribution in [0, 0.1) is 5.92 Å². The summed E-state index contributed by atoms with van der Waals surface area (Å²) in [5.74, 6) is -0.888. The Morgan fingerprint density at radius 3 is 2.35 bits per heavy atom. The molecule has 20 heavy (non-hydrogen) atoms. The normalized spacial score (nSPS) is 13.5. The van der Waals surface area contributed by atoms with Crippen molar-refractivity contribution >= 4 is 37.1 Å². The van der Waals surface area contributed by atoms with Crippen LogP contribution in [-0.4, -0.2) is 34.5 Å². The number of carbonyl (C=O) groups excluding carboxylic acids is 1. The maximum Gasteiger partial charge on any atom is 0.326 e. The third-order valence-electron chi connectivity index (χ3n) is 2.95. The zero-order valence-electron chi connectivity index (χ0n) is 11.0. The predicted molar refractivity (Wildman–Crippen MR) is 85.5 cm³/mol. The largest absolute Gasteiger partial charge is 0.480 e. The lowest BCUT2D eigenvalue weighted by Gasteiger charge is -2.18. The number of carbonyl (C=O) groups is 2. The number of amides is 1. The molecule has 0 saturated carbocycles. The van der Waals surface area contributed by atoms with Crippen LogP contribution in [-0.2, 0) is 16.0 Å². The summed E-state index contributed by atoms with van der Waals surface area (Å²) in [7, 11) is 0. The Morgan fingerprint density at radius 2 is 1.85 bits per heavy atom. The highest BCUT2D eigenvalue weighted by molar-refractivity contribution is 7.80. The van der Waals surface area contributed by atoms with E-state index in [0.29, 0.717) is 24.3 Å². The van der Waals surface area contributed by atoms with Gasteiger partial charge in [0.2, 0.25) is 5.91 Å². The SMILES string of the molecule is O=C(N[C@@H](CCS)C(=O)O)C(CS)Cc1ccccc1. The zero-order valence-corrected chi connectivity index (χ0v) is 12.8. The van der Waals surface area contributed by atoms with Gasteiger partial charge in [0.25, 0.3) is 0 Å². The van der Waals surface area contributed by atoms with Gasteiger partial charge in [-0.3, -0.25) is 4.79 Å². The van der Waals surface area contributed by atoms with Gasteiger partial charge in [-0.1, -0.05) is 30.3 Å². The Balaban J connectivity index is 2.64. The van der Waals surface area contributed by atoms with E-state index in [2.05, 4.69) is 30.6 Å². The molecule has 1 aromatic rings. The van der Waals surface area contributed by atoms with Crippen LogP contribution in [0.25, 0.3) is 0 Å². The van der Waals surface area contributed by atoms with Gasteiger partial charge in [-0.25, -0.2) is 4.79 Å². The van der Waals surface area contributed by atoms with Crippen LogP contribution in [0.5, 0.6) is 0 Å². The molecule has 4 nitrogen and oxygen atoms in total. The number of hydrogen-bond donors (Lipinski definition) is 4. The molecule has 1 rings (SSSR count). The lowest BCUT2D eigenvalue weighted by molar-refractivity contribution is -0.142. The second-order valence-corrected chi connectivity index (χ2v) is 5.29. The third kappa shape index (κ3) is 5.46. The van der Waals surface area contributed by atoms with Gasteiger partial charge >= 0.3 is 5.97 Å². The summed E-state index contributed by atoms with van der Waals surface area (Å²) in [6.07, 6.45) is 0.845. The smallest absolute Gasteiger partial charge is 0.326 e. The van der Waals surface area contributed by atoms with Gasteiger partial charge in [-0.15, -0.1) is 0 Å². The molecule has 0 fully saturated rings. The molecule has 0 radical (unpaired) electrons. The number of aliphatic carboxylic acids is 1. The monoisotopic (exact) mass is 313 g/mol. The Labute approximate surface area is 129 Å². The van der Waals surface area contributed by atoms with Crippen LogP contribution >= 0.6 is 25.3 Å². The molecule has 0 heterocycles. The summed E-state index contributed by atoms with van der Waals surface area (Å²) in [5.41, 5.74) is 1.03. The van der Waals surface area contributed by atoms with Crippen molar-refractivity contribution in [2.75, 3.05) is 11.5 Å². The number of hydrogen-bond acceptors (Lipinski definition) is 4. The summed E-state index contributed by atoms with van der Waals surface area (Å²) in [4.78, 5) is 23.1. The van der Waals surface area contributed by atoms with Crippen molar-refractivity contribution in [3.05, 3.63) is 35.9 Å². The summed E-state index contributed by atoms with van der Waals surface area (Å²) in [6.45, 7) is 0. The molecule has 2 atom stereocenters. The van der Waals surface area contributed by atoms with Gasteiger partial charge in [0.1, 0.15) is 6.04 Å². The molecule has 1 unspecified atom stereocenters. The van der Waals surface area contributed by atoms with Crippen molar-refractivity contribution < 1.29 is 14.7 Å². The van der Waals surface area contributed by atoms with Crippen LogP contribution in [0.1, 0.15) is 12.0 Å². The molecule has 0 aliphatic heterocycles. The number of carboxylic acids is 1. The van der Waals surface area contributed by atoms with Crippen LogP contribution in [0.2, 0.25) is 0 Å². The Hall–Kier alpha value is -1.14. The Kier molecular flexibility index (Phi) is 7.54. The number of benzene rings is 1. The highest BCUT2D eigenvalue weighted by atomic mass is 32.1. The van der Waals surface area contributed by atoms with Crippen LogP contribution in [0.4, 0.5) is 0 Å². The Morgan fingerprint density at radius 1 is 1.20 bits per heavy atom. The predicted octanol–water partition coefficient (Wildman–Crippen LogP) is 1.66. The fourth-order valence-corrected chi connectivity index (χ4v) is 2.37. The molecule has 0 spiro atoms. The van der Waals surface area contributed by atoms with Crippen LogP contribution in [0.15, 0.2) is 30.3 Å². The maximum atomic E-state index is 12.1. The first-order valence-electron chi connectivity index (χ1n) is 6.37. The second kappa shape index (κ2) is 8.92. The van der Waals surface area contributed by atoms with Gasteiger partial charge < -0.3 is 10.4 Å². The molecule has 6 heteroatoms. The molecule has 1 amide bonds. The summed E-state index contributed by atoms with van der Waals surface area (Å²) >= 11 is 8.19. The minimum atomic E-state index is -1.04. The van der Waals surface area contributed by atoms with E-state index in [9.17, 15) is 9.59 Å². The first kappa shape index (κ1) is 16.9. The summed E-state index contributed by atoms with van der Waals surface area (Å²) < 4.78 is 0. The van der Waals surface area contributed by atoms with Crippen molar-refractivity contribution in [1.82, 2.24) is 5.32 Å². The number of thiol groups is 2. The average molecular weight is 313 g/mol. The van der Waals surface area contributed by atoms with E-state index >= 15 is 0 Å². The van der Waals surface area contributed by atoms with Gasteiger partial charge in [-0.2, -0.15) is 25.3 Å². The lowest BCUT2D eigenvalue weighted by Crippen LogP contribution is -2.44. The second-order valence-electron chi connectivity index (χ2n) is 4.48. The topological polar surface area (TPSA) is 66.4 Å². The van der Waals surface area contributed by atoms with E-state index in [-0.39, 0.29) is 11.8 Å². The number of carboxylic acid groups (broad SMARTS) is 1. The van der Waals surface area contributed by atoms with E-state index < -0.39 is 12.0 Å². The molecule has 0 aliphatic carbocycles. The van der Waals surface area contributed by atoms with Crippen molar-refractivity contribution in [3.8, 4) is 0 Å². The molecular weight excluding hydrogens is 294 g/mol. The molecule has 2 N–H and O–H groups in total. The quantitative estimate of drug-likeness (QED) is 0.552. The third-order valence-corrected chi connectivity index (χ3v) is 3.65. The van der Waals surface area contributed by atoms with Crippen LogP contribution in [0.3, 0.4) is 0 Å². The maximum absolute atomic E-state index is 12.1. The zero-order chi connectivity index (χ0) is 15.0. The van der Waals surface area contributed by atoms with Gasteiger partial charge in [0.05, 0.1) is 5.92 Å². The van der Waals surface area contributed by atoms with E-state index in [4.69, 9.17) is 5.11 Å². The molecule has 110 valence electrons. The molecule has 1 aromatic carbocycles. The molecule has 0 aromatic heterocycles. The molecular formula is C14H19NO3S2. The minimum absolute atomic E-state index is 0.280. The van der Waals surface area contributed by atoms with Gasteiger partial charge in [0, 0.05) is 5.75 Å². The standard InChI is InChI=1S/C14H19NO3S2/c16-13(15-12(6-7-19)14(17)18)11(9-20)8-10-4-2-1-3-5-10/h1-5,11-12,19-20H,6-9H2,(H,15,16)(H,17,18)/t11?,12-/m0/s1. The van der Waals surface area contributed by atoms with E-state index in [0.717, 1.165) is 5.56 Å². The highest BCUT2D eigenvalue weighted by Gasteiger charge is 2.24. The summed E-state index contributed by atoms with van der Waals surface area (Å²) in [6, 6.07) is 8.70. The lowest BCUT2D eigenvalue weighted by atomic mass is 9.99. The van der Waals surface area contributed by atoms with Crippen molar-refractivity contribution in [1.29, 1.82) is 0 Å². The molecule has 0 saturated heterocycles. The van der Waals surface area contributed by atoms with Crippen molar-refractivity contribution in [2.24, 2.45) is 5.92 Å². The average Bonchev–Trinajstić information content (AvgIpc) is 2.45. The van der Waals surface area contributed by atoms with Crippen molar-refractivity contribution in [3.63, 3.8) is 0 Å². The van der Waals surface area contributed by atoms with Gasteiger partial charge in [-0.05, 0) is 24.2 Å². The number of nitrogens with one attached hydrogen (secondary N) is 1. The first-order chi connectivity index (χ1) is 9.58. The first-order valence-corrected chi connectivity index (χ1v) is 7.63. The Bertz CT molecular complexity index is 439. The number of rotatable bonds is 8. The van der Waals surface area contributed by atoms with E-state index in [1.165, 1.54) is 0 Å². The highest BCUT2D eigenvalue weighted by Crippen LogP contribution is 2.11. The minimum Gasteiger partial charge on any atom is -0.480 e. The van der Waals surface area contributed by atoms with Crippen molar-refractivity contribution in [2.45, 2.75) is 18.9 Å². The van der Waals surface area contributed by atoms with E-state index in [1.807, 2.05) is 30.3 Å². The van der Waals surface area contributed by atoms with E-state index in [1.54, 1.807) is 0 Å².